The highest BCUT2D eigenvalue weighted by molar-refractivity contribution is 5.87. The van der Waals surface area contributed by atoms with Crippen molar-refractivity contribution in [3.05, 3.63) is 90.6 Å². The molecule has 0 bridgehead atoms. The van der Waals surface area contributed by atoms with Gasteiger partial charge in [0.1, 0.15) is 6.29 Å². The van der Waals surface area contributed by atoms with Gasteiger partial charge in [-0.25, -0.2) is 0 Å². The fraction of sp³-hybridized carbons (Fsp3) is 0. The Balaban J connectivity index is 2.01. The van der Waals surface area contributed by atoms with Crippen LogP contribution in [0.25, 0.3) is 27.7 Å². The van der Waals surface area contributed by atoms with Crippen molar-refractivity contribution in [2.45, 2.75) is 0 Å². The van der Waals surface area contributed by atoms with Crippen molar-refractivity contribution < 1.29 is 4.79 Å². The molecule has 0 radical (unpaired) electrons. The second-order valence-corrected chi connectivity index (χ2v) is 5.51. The van der Waals surface area contributed by atoms with Crippen LogP contribution >= 0.6 is 0 Å². The van der Waals surface area contributed by atoms with E-state index in [-0.39, 0.29) is 0 Å². The van der Waals surface area contributed by atoms with Gasteiger partial charge in [0.25, 0.3) is 0 Å². The van der Waals surface area contributed by atoms with Crippen LogP contribution in [0.2, 0.25) is 0 Å². The predicted octanol–water partition coefficient (Wildman–Crippen LogP) is 5.11. The molecule has 2 nitrogen and oxygen atoms in total. The first-order valence-corrected chi connectivity index (χ1v) is 7.58. The van der Waals surface area contributed by atoms with Gasteiger partial charge in [0.15, 0.2) is 0 Å². The molecule has 23 heavy (non-hydrogen) atoms. The summed E-state index contributed by atoms with van der Waals surface area (Å²) in [7, 11) is 0. The molecule has 0 aliphatic rings. The summed E-state index contributed by atoms with van der Waals surface area (Å²) in [5.74, 6) is 0. The zero-order valence-electron chi connectivity index (χ0n) is 12.5. The van der Waals surface area contributed by atoms with Crippen LogP contribution in [0, 0.1) is 0 Å². The SMILES string of the molecule is O=Cc1ccc(-c2ccccc2)c(-n2ccc3ccccc32)c1. The molecule has 0 aliphatic heterocycles. The average molecular weight is 297 g/mol. The van der Waals surface area contributed by atoms with Gasteiger partial charge >= 0.3 is 0 Å². The van der Waals surface area contributed by atoms with E-state index in [1.807, 2.05) is 48.5 Å². The standard InChI is InChI=1S/C21H15NO/c23-15-16-10-11-19(17-6-2-1-3-7-17)21(14-16)22-13-12-18-8-4-5-9-20(18)22/h1-15H. The van der Waals surface area contributed by atoms with Crippen molar-refractivity contribution in [1.82, 2.24) is 4.57 Å². The van der Waals surface area contributed by atoms with Crippen LogP contribution in [-0.2, 0) is 0 Å². The number of para-hydroxylation sites is 1. The van der Waals surface area contributed by atoms with E-state index >= 15 is 0 Å². The van der Waals surface area contributed by atoms with Gasteiger partial charge in [-0.2, -0.15) is 0 Å². The second kappa shape index (κ2) is 5.58. The van der Waals surface area contributed by atoms with E-state index in [0.29, 0.717) is 5.56 Å². The number of hydrogen-bond donors (Lipinski definition) is 0. The quantitative estimate of drug-likeness (QED) is 0.482. The lowest BCUT2D eigenvalue weighted by Crippen LogP contribution is -1.97. The fourth-order valence-electron chi connectivity index (χ4n) is 2.98. The minimum Gasteiger partial charge on any atom is -0.316 e. The Labute approximate surface area is 134 Å². The smallest absolute Gasteiger partial charge is 0.150 e. The lowest BCUT2D eigenvalue weighted by molar-refractivity contribution is 0.112. The Morgan fingerprint density at radius 2 is 1.57 bits per heavy atom. The van der Waals surface area contributed by atoms with Crippen molar-refractivity contribution >= 4 is 17.2 Å². The molecule has 0 amide bonds. The predicted molar refractivity (Wildman–Crippen MR) is 94.1 cm³/mol. The van der Waals surface area contributed by atoms with Gasteiger partial charge in [-0.05, 0) is 29.1 Å². The Morgan fingerprint density at radius 1 is 0.783 bits per heavy atom. The number of nitrogens with zero attached hydrogens (tertiary/aromatic N) is 1. The monoisotopic (exact) mass is 297 g/mol. The van der Waals surface area contributed by atoms with Crippen molar-refractivity contribution in [2.24, 2.45) is 0 Å². The van der Waals surface area contributed by atoms with E-state index in [9.17, 15) is 4.79 Å². The Bertz CT molecular complexity index is 983. The summed E-state index contributed by atoms with van der Waals surface area (Å²) in [5, 5.41) is 1.18. The molecule has 3 aromatic carbocycles. The molecule has 0 spiro atoms. The maximum atomic E-state index is 11.2. The Kier molecular flexibility index (Phi) is 3.28. The molecule has 0 saturated heterocycles. The molecule has 0 fully saturated rings. The van der Waals surface area contributed by atoms with Crippen molar-refractivity contribution in [3.63, 3.8) is 0 Å². The molecule has 4 aromatic rings. The summed E-state index contributed by atoms with van der Waals surface area (Å²) >= 11 is 0. The Morgan fingerprint density at radius 3 is 2.39 bits per heavy atom. The molecule has 110 valence electrons. The number of rotatable bonds is 3. The second-order valence-electron chi connectivity index (χ2n) is 5.51. The molecule has 0 aliphatic carbocycles. The third-order valence-electron chi connectivity index (χ3n) is 4.10. The van der Waals surface area contributed by atoms with Gasteiger partial charge < -0.3 is 4.57 Å². The summed E-state index contributed by atoms with van der Waals surface area (Å²) in [6.45, 7) is 0. The van der Waals surface area contributed by atoms with E-state index in [4.69, 9.17) is 0 Å². The number of benzene rings is 3. The highest BCUT2D eigenvalue weighted by atomic mass is 16.1. The average Bonchev–Trinajstić information content (AvgIpc) is 3.06. The van der Waals surface area contributed by atoms with Crippen LogP contribution in [0.4, 0.5) is 0 Å². The van der Waals surface area contributed by atoms with Crippen LogP contribution in [0.1, 0.15) is 10.4 Å². The number of aldehydes is 1. The first-order valence-electron chi connectivity index (χ1n) is 7.58. The fourth-order valence-corrected chi connectivity index (χ4v) is 2.98. The first-order chi connectivity index (χ1) is 11.4. The molecule has 1 heterocycles. The van der Waals surface area contributed by atoms with Gasteiger partial charge in [-0.15, -0.1) is 0 Å². The number of hydrogen-bond acceptors (Lipinski definition) is 1. The molecule has 0 N–H and O–H groups in total. The lowest BCUT2D eigenvalue weighted by atomic mass is 10.0. The molecule has 0 unspecified atom stereocenters. The minimum absolute atomic E-state index is 0.678. The normalized spacial score (nSPS) is 10.8. The molecule has 4 rings (SSSR count). The summed E-state index contributed by atoms with van der Waals surface area (Å²) in [4.78, 5) is 11.2. The lowest BCUT2D eigenvalue weighted by Gasteiger charge is -2.13. The number of carbonyl (C=O) groups is 1. The summed E-state index contributed by atoms with van der Waals surface area (Å²) in [5.41, 5.74) is 5.07. The maximum absolute atomic E-state index is 11.2. The summed E-state index contributed by atoms with van der Waals surface area (Å²) in [6.07, 6.45) is 2.95. The highest BCUT2D eigenvalue weighted by Gasteiger charge is 2.10. The minimum atomic E-state index is 0.678. The van der Waals surface area contributed by atoms with Crippen LogP contribution in [0.3, 0.4) is 0 Å². The third kappa shape index (κ3) is 2.34. The zero-order valence-corrected chi connectivity index (χ0v) is 12.5. The van der Waals surface area contributed by atoms with E-state index in [1.54, 1.807) is 0 Å². The van der Waals surface area contributed by atoms with Gasteiger partial charge in [-0.3, -0.25) is 4.79 Å². The van der Waals surface area contributed by atoms with Crippen LogP contribution < -0.4 is 0 Å². The third-order valence-corrected chi connectivity index (χ3v) is 4.10. The topological polar surface area (TPSA) is 22.0 Å². The van der Waals surface area contributed by atoms with E-state index in [1.165, 1.54) is 5.39 Å². The van der Waals surface area contributed by atoms with Crippen molar-refractivity contribution in [2.75, 3.05) is 0 Å². The van der Waals surface area contributed by atoms with Crippen LogP contribution in [0.5, 0.6) is 0 Å². The van der Waals surface area contributed by atoms with Gasteiger partial charge in [0.05, 0.1) is 11.2 Å². The van der Waals surface area contributed by atoms with Crippen molar-refractivity contribution in [1.29, 1.82) is 0 Å². The molecule has 2 heteroatoms. The highest BCUT2D eigenvalue weighted by Crippen LogP contribution is 2.30. The summed E-state index contributed by atoms with van der Waals surface area (Å²) in [6, 6.07) is 26.4. The van der Waals surface area contributed by atoms with E-state index in [2.05, 4.69) is 41.1 Å². The number of carbonyl (C=O) groups excluding carboxylic acids is 1. The van der Waals surface area contributed by atoms with E-state index < -0.39 is 0 Å². The van der Waals surface area contributed by atoms with Crippen molar-refractivity contribution in [3.8, 4) is 16.8 Å². The maximum Gasteiger partial charge on any atom is 0.150 e. The number of aromatic nitrogens is 1. The molecule has 1 aromatic heterocycles. The number of fused-ring (bicyclic) bond motifs is 1. The molecule has 0 atom stereocenters. The first kappa shape index (κ1) is 13.5. The van der Waals surface area contributed by atoms with Crippen LogP contribution in [-0.4, -0.2) is 10.9 Å². The molecule has 0 saturated carbocycles. The molecular formula is C21H15NO. The van der Waals surface area contributed by atoms with Crippen LogP contribution in [0.15, 0.2) is 85.1 Å². The van der Waals surface area contributed by atoms with Gasteiger partial charge in [-0.1, -0.05) is 60.7 Å². The zero-order chi connectivity index (χ0) is 15.6. The summed E-state index contributed by atoms with van der Waals surface area (Å²) < 4.78 is 2.14. The molecular weight excluding hydrogens is 282 g/mol. The van der Waals surface area contributed by atoms with Gasteiger partial charge in [0, 0.05) is 17.3 Å². The Hall–Kier alpha value is -3.13. The van der Waals surface area contributed by atoms with Gasteiger partial charge in [0.2, 0.25) is 0 Å². The largest absolute Gasteiger partial charge is 0.316 e. The van der Waals surface area contributed by atoms with E-state index in [0.717, 1.165) is 28.6 Å².